The van der Waals surface area contributed by atoms with Crippen LogP contribution in [0.1, 0.15) is 27.2 Å². The van der Waals surface area contributed by atoms with E-state index in [2.05, 4.69) is 36.7 Å². The average Bonchev–Trinajstić information content (AvgIpc) is 2.80. The van der Waals surface area contributed by atoms with Crippen LogP contribution < -0.4 is 0 Å². The van der Waals surface area contributed by atoms with Crippen LogP contribution in [0.4, 0.5) is 0 Å². The van der Waals surface area contributed by atoms with Gasteiger partial charge in [-0.25, -0.2) is 0 Å². The summed E-state index contributed by atoms with van der Waals surface area (Å²) in [7, 11) is 0. The lowest BCUT2D eigenvalue weighted by atomic mass is 9.67. The average molecular weight is 275 g/mol. The van der Waals surface area contributed by atoms with Crippen molar-refractivity contribution in [3.05, 3.63) is 0 Å². The molecule has 0 amide bonds. The number of ether oxygens (including phenoxy) is 2. The van der Waals surface area contributed by atoms with Crippen molar-refractivity contribution in [3.8, 4) is 0 Å². The van der Waals surface area contributed by atoms with Crippen LogP contribution in [0.25, 0.3) is 0 Å². The van der Waals surface area contributed by atoms with Gasteiger partial charge in [-0.2, -0.15) is 0 Å². The highest BCUT2D eigenvalue weighted by molar-refractivity contribution is 9.09. The molecule has 2 bridgehead atoms. The Hall–Kier alpha value is 0.400. The van der Waals surface area contributed by atoms with Crippen LogP contribution in [0.3, 0.4) is 0 Å². The quantitative estimate of drug-likeness (QED) is 0.633. The molecule has 3 heteroatoms. The topological polar surface area (TPSA) is 18.5 Å². The maximum Gasteiger partial charge on any atom is 0.184 e. The molecule has 86 valence electrons. The summed E-state index contributed by atoms with van der Waals surface area (Å²) >= 11 is 3.83. The van der Waals surface area contributed by atoms with Gasteiger partial charge >= 0.3 is 0 Å². The standard InChI is InChI=1S/C12H19BrO2/c1-7-8-6-9(11(7,2)3)10(13)12(8)14-4-5-15-12/h7-10H,4-6H2,1-3H3. The van der Waals surface area contributed by atoms with Gasteiger partial charge in [0.2, 0.25) is 0 Å². The molecule has 2 nitrogen and oxygen atoms in total. The molecule has 0 radical (unpaired) electrons. The van der Waals surface area contributed by atoms with Gasteiger partial charge in [0.25, 0.3) is 0 Å². The number of halogens is 1. The van der Waals surface area contributed by atoms with Gasteiger partial charge < -0.3 is 9.47 Å². The van der Waals surface area contributed by atoms with Gasteiger partial charge in [0.05, 0.1) is 18.0 Å². The van der Waals surface area contributed by atoms with Gasteiger partial charge in [-0.05, 0) is 23.7 Å². The molecule has 3 rings (SSSR count). The third-order valence-electron chi connectivity index (χ3n) is 5.23. The van der Waals surface area contributed by atoms with Crippen LogP contribution in [-0.2, 0) is 9.47 Å². The SMILES string of the molecule is CC1C2CC(C(Br)C23OCCO3)C1(C)C. The Bertz CT molecular complexity index is 283. The zero-order valence-corrected chi connectivity index (χ0v) is 11.2. The number of rotatable bonds is 0. The lowest BCUT2D eigenvalue weighted by Crippen LogP contribution is -2.53. The molecule has 4 atom stereocenters. The first-order valence-electron chi connectivity index (χ1n) is 5.92. The van der Waals surface area contributed by atoms with E-state index < -0.39 is 0 Å². The maximum absolute atomic E-state index is 5.94. The minimum atomic E-state index is -0.292. The van der Waals surface area contributed by atoms with E-state index >= 15 is 0 Å². The molecule has 2 aliphatic carbocycles. The molecule has 0 aromatic carbocycles. The van der Waals surface area contributed by atoms with Crippen molar-refractivity contribution < 1.29 is 9.47 Å². The van der Waals surface area contributed by atoms with E-state index in [0.29, 0.717) is 28.0 Å². The fourth-order valence-electron chi connectivity index (χ4n) is 3.95. The van der Waals surface area contributed by atoms with Crippen LogP contribution in [0.15, 0.2) is 0 Å². The maximum atomic E-state index is 5.94. The van der Waals surface area contributed by atoms with E-state index in [1.54, 1.807) is 0 Å². The van der Waals surface area contributed by atoms with Gasteiger partial charge in [0.15, 0.2) is 5.79 Å². The molecule has 1 saturated heterocycles. The molecule has 0 N–H and O–H groups in total. The molecule has 1 spiro atoms. The Labute approximate surface area is 99.8 Å². The van der Waals surface area contributed by atoms with E-state index in [1.807, 2.05) is 0 Å². The summed E-state index contributed by atoms with van der Waals surface area (Å²) in [6.07, 6.45) is 1.25. The summed E-state index contributed by atoms with van der Waals surface area (Å²) in [6.45, 7) is 8.66. The number of alkyl halides is 1. The molecule has 15 heavy (non-hydrogen) atoms. The van der Waals surface area contributed by atoms with Gasteiger partial charge in [0.1, 0.15) is 0 Å². The van der Waals surface area contributed by atoms with Crippen LogP contribution in [0.5, 0.6) is 0 Å². The summed E-state index contributed by atoms with van der Waals surface area (Å²) in [5.74, 6) is 1.66. The van der Waals surface area contributed by atoms with Crippen molar-refractivity contribution in [1.82, 2.24) is 0 Å². The van der Waals surface area contributed by atoms with Crippen LogP contribution in [0.2, 0.25) is 0 Å². The molecule has 2 saturated carbocycles. The van der Waals surface area contributed by atoms with Crippen molar-refractivity contribution >= 4 is 15.9 Å². The van der Waals surface area contributed by atoms with Gasteiger partial charge in [0, 0.05) is 5.92 Å². The van der Waals surface area contributed by atoms with Crippen molar-refractivity contribution in [2.45, 2.75) is 37.8 Å². The van der Waals surface area contributed by atoms with E-state index in [1.165, 1.54) is 6.42 Å². The molecule has 3 aliphatic rings. The monoisotopic (exact) mass is 274 g/mol. The Morgan fingerprint density at radius 3 is 2.27 bits per heavy atom. The zero-order valence-electron chi connectivity index (χ0n) is 9.63. The van der Waals surface area contributed by atoms with Crippen LogP contribution in [-0.4, -0.2) is 23.8 Å². The fourth-order valence-corrected chi connectivity index (χ4v) is 5.45. The summed E-state index contributed by atoms with van der Waals surface area (Å²) in [4.78, 5) is 0.378. The molecular formula is C12H19BrO2. The number of hydrogen-bond donors (Lipinski definition) is 0. The largest absolute Gasteiger partial charge is 0.346 e. The first-order chi connectivity index (χ1) is 7.00. The Morgan fingerprint density at radius 1 is 1.13 bits per heavy atom. The highest BCUT2D eigenvalue weighted by Crippen LogP contribution is 2.66. The fraction of sp³-hybridized carbons (Fsp3) is 1.00. The lowest BCUT2D eigenvalue weighted by molar-refractivity contribution is -0.208. The molecule has 1 aliphatic heterocycles. The summed E-state index contributed by atoms with van der Waals surface area (Å²) in [6, 6.07) is 0. The minimum absolute atomic E-state index is 0.292. The number of hydrogen-bond acceptors (Lipinski definition) is 2. The third kappa shape index (κ3) is 1.07. The van der Waals surface area contributed by atoms with Crippen LogP contribution >= 0.6 is 15.9 Å². The Morgan fingerprint density at radius 2 is 1.73 bits per heavy atom. The minimum Gasteiger partial charge on any atom is -0.346 e. The highest BCUT2D eigenvalue weighted by atomic mass is 79.9. The van der Waals surface area contributed by atoms with E-state index in [0.717, 1.165) is 13.2 Å². The molecule has 0 aromatic rings. The summed E-state index contributed by atoms with van der Waals surface area (Å²) in [5, 5.41) is 0. The normalized spacial score (nSPS) is 50.4. The van der Waals surface area contributed by atoms with Crippen molar-refractivity contribution in [3.63, 3.8) is 0 Å². The second kappa shape index (κ2) is 2.99. The summed E-state index contributed by atoms with van der Waals surface area (Å²) < 4.78 is 11.9. The second-order valence-corrected chi connectivity index (χ2v) is 6.87. The summed E-state index contributed by atoms with van der Waals surface area (Å²) in [5.41, 5.74) is 0.416. The predicted octanol–water partition coefficient (Wildman–Crippen LogP) is 2.81. The van der Waals surface area contributed by atoms with Crippen molar-refractivity contribution in [2.24, 2.45) is 23.2 Å². The first-order valence-corrected chi connectivity index (χ1v) is 6.83. The highest BCUT2D eigenvalue weighted by Gasteiger charge is 2.69. The van der Waals surface area contributed by atoms with Crippen molar-refractivity contribution in [2.75, 3.05) is 13.2 Å². The number of fused-ring (bicyclic) bond motifs is 3. The molecule has 0 aromatic heterocycles. The van der Waals surface area contributed by atoms with E-state index in [4.69, 9.17) is 9.47 Å². The van der Waals surface area contributed by atoms with Crippen LogP contribution in [0, 0.1) is 23.2 Å². The Balaban J connectivity index is 1.99. The van der Waals surface area contributed by atoms with Crippen molar-refractivity contribution in [1.29, 1.82) is 0 Å². The molecule has 1 heterocycles. The molecule has 4 unspecified atom stereocenters. The Kier molecular flexibility index (Phi) is 2.10. The van der Waals surface area contributed by atoms with Gasteiger partial charge in [-0.15, -0.1) is 0 Å². The van der Waals surface area contributed by atoms with E-state index in [-0.39, 0.29) is 5.79 Å². The molecular weight excluding hydrogens is 256 g/mol. The predicted molar refractivity (Wildman–Crippen MR) is 61.9 cm³/mol. The lowest BCUT2D eigenvalue weighted by Gasteiger charge is -2.47. The second-order valence-electron chi connectivity index (χ2n) is 5.88. The first kappa shape index (κ1) is 10.5. The third-order valence-corrected chi connectivity index (χ3v) is 6.51. The zero-order chi connectivity index (χ0) is 10.8. The van der Waals surface area contributed by atoms with Gasteiger partial charge in [-0.3, -0.25) is 0 Å². The smallest absolute Gasteiger partial charge is 0.184 e. The van der Waals surface area contributed by atoms with Gasteiger partial charge in [-0.1, -0.05) is 36.7 Å². The molecule has 3 fully saturated rings. The van der Waals surface area contributed by atoms with E-state index in [9.17, 15) is 0 Å².